The lowest BCUT2D eigenvalue weighted by Crippen LogP contribution is -2.47. The van der Waals surface area contributed by atoms with Crippen molar-refractivity contribution in [2.45, 2.75) is 52.9 Å². The number of halogens is 4. The van der Waals surface area contributed by atoms with E-state index in [-0.39, 0.29) is 54.4 Å². The fraction of sp³-hybridized carbons (Fsp3) is 0.556. The van der Waals surface area contributed by atoms with Crippen LogP contribution in [0.15, 0.2) is 18.2 Å². The number of benzene rings is 1. The minimum Gasteiger partial charge on any atom is -0.344 e. The number of rotatable bonds is 7. The maximum Gasteiger partial charge on any atom is 0.416 e. The van der Waals surface area contributed by atoms with Crippen molar-refractivity contribution in [3.63, 3.8) is 0 Å². The Morgan fingerprint density at radius 2 is 1.70 bits per heavy atom. The van der Waals surface area contributed by atoms with Crippen molar-refractivity contribution in [2.24, 2.45) is 17.6 Å². The van der Waals surface area contributed by atoms with Gasteiger partial charge in [-0.15, -0.1) is 12.4 Å². The molecule has 1 rings (SSSR count). The largest absolute Gasteiger partial charge is 0.416 e. The molecule has 0 heterocycles. The number of carbonyl (C=O) groups excluding carboxylic acids is 2. The van der Waals surface area contributed by atoms with E-state index in [1.165, 1.54) is 6.07 Å². The molecular weight excluding hydrogens is 383 g/mol. The number of hydrogen-bond acceptors (Lipinski definition) is 3. The fourth-order valence-electron chi connectivity index (χ4n) is 2.40. The molecule has 0 saturated carbocycles. The Morgan fingerprint density at radius 3 is 2.15 bits per heavy atom. The van der Waals surface area contributed by atoms with Crippen LogP contribution in [0.3, 0.4) is 0 Å². The zero-order valence-corrected chi connectivity index (χ0v) is 16.6. The summed E-state index contributed by atoms with van der Waals surface area (Å²) >= 11 is 0. The molecule has 0 aliphatic heterocycles. The molecule has 0 aromatic heterocycles. The molecule has 0 fully saturated rings. The molecule has 2 amide bonds. The molecule has 27 heavy (non-hydrogen) atoms. The van der Waals surface area contributed by atoms with E-state index < -0.39 is 23.7 Å². The summed E-state index contributed by atoms with van der Waals surface area (Å²) in [6, 6.07) is 2.34. The second-order valence-corrected chi connectivity index (χ2v) is 7.00. The fourth-order valence-corrected chi connectivity index (χ4v) is 2.40. The zero-order valence-electron chi connectivity index (χ0n) is 15.8. The van der Waals surface area contributed by atoms with Gasteiger partial charge in [-0.05, 0) is 35.6 Å². The van der Waals surface area contributed by atoms with E-state index in [9.17, 15) is 22.8 Å². The summed E-state index contributed by atoms with van der Waals surface area (Å²) in [6.07, 6.45) is -4.29. The topological polar surface area (TPSA) is 84.2 Å². The number of carbonyl (C=O) groups is 2. The van der Waals surface area contributed by atoms with Crippen LogP contribution >= 0.6 is 12.4 Å². The quantitative estimate of drug-likeness (QED) is 0.641. The van der Waals surface area contributed by atoms with Gasteiger partial charge < -0.3 is 16.4 Å². The van der Waals surface area contributed by atoms with E-state index in [0.717, 1.165) is 12.1 Å². The van der Waals surface area contributed by atoms with Crippen molar-refractivity contribution in [3.8, 4) is 0 Å². The maximum atomic E-state index is 13.0. The number of amides is 2. The van der Waals surface area contributed by atoms with Gasteiger partial charge in [0.1, 0.15) is 6.04 Å². The molecule has 154 valence electrons. The minimum absolute atomic E-state index is 0. The minimum atomic E-state index is -4.55. The summed E-state index contributed by atoms with van der Waals surface area (Å²) in [5, 5.41) is 5.10. The van der Waals surface area contributed by atoms with Crippen LogP contribution in [0.2, 0.25) is 0 Å². The highest BCUT2D eigenvalue weighted by molar-refractivity contribution is 5.97. The van der Waals surface area contributed by atoms with E-state index in [4.69, 9.17) is 5.73 Å². The zero-order chi connectivity index (χ0) is 20.1. The third-order valence-electron chi connectivity index (χ3n) is 3.68. The molecule has 0 bridgehead atoms. The van der Waals surface area contributed by atoms with E-state index in [0.29, 0.717) is 0 Å². The van der Waals surface area contributed by atoms with Gasteiger partial charge in [-0.25, -0.2) is 0 Å². The first-order valence-corrected chi connectivity index (χ1v) is 8.45. The van der Waals surface area contributed by atoms with Crippen molar-refractivity contribution in [1.29, 1.82) is 0 Å². The highest BCUT2D eigenvalue weighted by atomic mass is 35.5. The Labute approximate surface area is 163 Å². The van der Waals surface area contributed by atoms with Crippen LogP contribution < -0.4 is 16.4 Å². The summed E-state index contributed by atoms with van der Waals surface area (Å²) in [5.41, 5.74) is 4.80. The van der Waals surface area contributed by atoms with Crippen LogP contribution in [0.5, 0.6) is 0 Å². The van der Waals surface area contributed by atoms with Gasteiger partial charge in [0.05, 0.1) is 5.56 Å². The van der Waals surface area contributed by atoms with Gasteiger partial charge >= 0.3 is 6.18 Å². The van der Waals surface area contributed by atoms with Crippen LogP contribution in [0.1, 0.15) is 45.2 Å². The van der Waals surface area contributed by atoms with Crippen molar-refractivity contribution in [1.82, 2.24) is 5.32 Å². The summed E-state index contributed by atoms with van der Waals surface area (Å²) in [6.45, 7) is 7.16. The van der Waals surface area contributed by atoms with Gasteiger partial charge in [0.2, 0.25) is 11.8 Å². The second kappa shape index (κ2) is 10.5. The average Bonchev–Trinajstić information content (AvgIpc) is 2.50. The molecule has 5 nitrogen and oxygen atoms in total. The summed E-state index contributed by atoms with van der Waals surface area (Å²) in [4.78, 5) is 24.5. The maximum absolute atomic E-state index is 13.0. The predicted molar refractivity (Wildman–Crippen MR) is 101 cm³/mol. The van der Waals surface area contributed by atoms with Crippen molar-refractivity contribution in [2.75, 3.05) is 5.32 Å². The lowest BCUT2D eigenvalue weighted by Gasteiger charge is -2.22. The van der Waals surface area contributed by atoms with Crippen LogP contribution in [0, 0.1) is 11.8 Å². The number of nitrogens with one attached hydrogen (secondary N) is 2. The third kappa shape index (κ3) is 8.17. The SMILES string of the molecule is CC(C)CC(=O)NC(C(=O)Nc1cc(CN)cc(C(F)(F)F)c1)C(C)C.Cl. The summed E-state index contributed by atoms with van der Waals surface area (Å²) < 4.78 is 39.0. The molecule has 1 aromatic rings. The Hall–Kier alpha value is -1.80. The first kappa shape index (κ1) is 25.2. The van der Waals surface area contributed by atoms with Crippen molar-refractivity contribution >= 4 is 29.9 Å². The molecule has 0 aliphatic rings. The number of nitrogens with two attached hydrogens (primary N) is 1. The molecule has 0 radical (unpaired) electrons. The molecule has 1 aromatic carbocycles. The molecule has 9 heteroatoms. The van der Waals surface area contributed by atoms with E-state index >= 15 is 0 Å². The molecule has 4 N–H and O–H groups in total. The predicted octanol–water partition coefficient (Wildman–Crippen LogP) is 3.71. The van der Waals surface area contributed by atoms with Gasteiger partial charge in [-0.3, -0.25) is 9.59 Å². The van der Waals surface area contributed by atoms with Gasteiger partial charge in [-0.1, -0.05) is 27.7 Å². The van der Waals surface area contributed by atoms with Gasteiger partial charge in [-0.2, -0.15) is 13.2 Å². The number of alkyl halides is 3. The Bertz CT molecular complexity index is 649. The van der Waals surface area contributed by atoms with Gasteiger partial charge in [0.15, 0.2) is 0 Å². The van der Waals surface area contributed by atoms with Gasteiger partial charge in [0, 0.05) is 18.7 Å². The standard InChI is InChI=1S/C18H26F3N3O2.ClH/c1-10(2)5-15(25)24-16(11(3)4)17(26)23-14-7-12(9-22)6-13(8-14)18(19,20)21;/h6-8,10-11,16H,5,9,22H2,1-4H3,(H,23,26)(H,24,25);1H. The lowest BCUT2D eigenvalue weighted by molar-refractivity contribution is -0.137. The monoisotopic (exact) mass is 409 g/mol. The normalized spacial score (nSPS) is 12.5. The average molecular weight is 410 g/mol. The van der Waals surface area contributed by atoms with Crippen LogP contribution in [0.25, 0.3) is 0 Å². The van der Waals surface area contributed by atoms with E-state index in [1.54, 1.807) is 13.8 Å². The van der Waals surface area contributed by atoms with E-state index in [2.05, 4.69) is 10.6 Å². The van der Waals surface area contributed by atoms with Crippen molar-refractivity contribution in [3.05, 3.63) is 29.3 Å². The second-order valence-electron chi connectivity index (χ2n) is 7.00. The third-order valence-corrected chi connectivity index (χ3v) is 3.68. The highest BCUT2D eigenvalue weighted by Crippen LogP contribution is 2.32. The molecule has 1 unspecified atom stereocenters. The first-order valence-electron chi connectivity index (χ1n) is 8.45. The summed E-state index contributed by atoms with van der Waals surface area (Å²) in [7, 11) is 0. The van der Waals surface area contributed by atoms with Crippen LogP contribution in [0.4, 0.5) is 18.9 Å². The molecule has 0 spiro atoms. The molecule has 0 saturated heterocycles. The first-order chi connectivity index (χ1) is 11.9. The lowest BCUT2D eigenvalue weighted by atomic mass is 10.0. The number of hydrogen-bond donors (Lipinski definition) is 3. The smallest absolute Gasteiger partial charge is 0.344 e. The highest BCUT2D eigenvalue weighted by Gasteiger charge is 2.32. The Morgan fingerprint density at radius 1 is 1.11 bits per heavy atom. The van der Waals surface area contributed by atoms with Crippen LogP contribution in [-0.2, 0) is 22.3 Å². The summed E-state index contributed by atoms with van der Waals surface area (Å²) in [5.74, 6) is -0.952. The Kier molecular flexibility index (Phi) is 9.81. The van der Waals surface area contributed by atoms with Crippen molar-refractivity contribution < 1.29 is 22.8 Å². The molecule has 1 atom stereocenters. The molecule has 0 aliphatic carbocycles. The van der Waals surface area contributed by atoms with E-state index in [1.807, 2.05) is 13.8 Å². The van der Waals surface area contributed by atoms with Gasteiger partial charge in [0.25, 0.3) is 0 Å². The molecular formula is C18H27ClF3N3O2. The van der Waals surface area contributed by atoms with Crippen LogP contribution in [-0.4, -0.2) is 17.9 Å². The number of anilines is 1. The Balaban J connectivity index is 0.00000676.